The van der Waals surface area contributed by atoms with Gasteiger partial charge < -0.3 is 14.2 Å². The van der Waals surface area contributed by atoms with Gasteiger partial charge in [0.1, 0.15) is 6.61 Å². The van der Waals surface area contributed by atoms with Gasteiger partial charge in [0, 0.05) is 27.4 Å². The van der Waals surface area contributed by atoms with Gasteiger partial charge in [-0.05, 0) is 12.8 Å². The Labute approximate surface area is 85.2 Å². The first kappa shape index (κ1) is 13.8. The molecule has 5 nitrogen and oxygen atoms in total. The zero-order valence-electron chi connectivity index (χ0n) is 8.99. The third kappa shape index (κ3) is 11.8. The molecule has 0 fully saturated rings. The highest BCUT2D eigenvalue weighted by Crippen LogP contribution is 1.91. The zero-order valence-corrected chi connectivity index (χ0v) is 8.99. The van der Waals surface area contributed by atoms with Crippen molar-refractivity contribution in [3.8, 4) is 0 Å². The number of hydrogen-bond donors (Lipinski definition) is 0. The summed E-state index contributed by atoms with van der Waals surface area (Å²) in [5.74, 6) is 0. The molecule has 0 aromatic carbocycles. The molecule has 0 rings (SSSR count). The van der Waals surface area contributed by atoms with Crippen molar-refractivity contribution in [2.45, 2.75) is 12.8 Å². The molecule has 0 spiro atoms. The number of rotatable bonds is 11. The Morgan fingerprint density at radius 3 is 2.14 bits per heavy atom. The van der Waals surface area contributed by atoms with Crippen molar-refractivity contribution in [1.29, 1.82) is 0 Å². The van der Waals surface area contributed by atoms with Gasteiger partial charge in [-0.15, -0.1) is 0 Å². The van der Waals surface area contributed by atoms with Crippen LogP contribution >= 0.6 is 0 Å². The van der Waals surface area contributed by atoms with Gasteiger partial charge in [0.15, 0.2) is 6.79 Å². The van der Waals surface area contributed by atoms with Crippen LogP contribution in [-0.4, -0.2) is 47.4 Å². The van der Waals surface area contributed by atoms with Crippen LogP contribution in [0.1, 0.15) is 12.8 Å². The van der Waals surface area contributed by atoms with Gasteiger partial charge >= 0.3 is 0 Å². The summed E-state index contributed by atoms with van der Waals surface area (Å²) >= 11 is 0. The lowest BCUT2D eigenvalue weighted by Gasteiger charge is -2.04. The molecule has 0 aliphatic carbocycles. The summed E-state index contributed by atoms with van der Waals surface area (Å²) in [7, 11) is 3.29. The van der Waals surface area contributed by atoms with Gasteiger partial charge in [-0.3, -0.25) is 0 Å². The normalized spacial score (nSPS) is 10.7. The topological polar surface area (TPSA) is 46.2 Å². The summed E-state index contributed by atoms with van der Waals surface area (Å²) in [5, 5.41) is 0. The second kappa shape index (κ2) is 12.8. The van der Waals surface area contributed by atoms with E-state index in [0.29, 0.717) is 19.8 Å². The first-order valence-electron chi connectivity index (χ1n) is 4.72. The third-order valence-corrected chi connectivity index (χ3v) is 1.47. The average molecular weight is 208 g/mol. The Hall–Kier alpha value is -0.200. The second-order valence-electron chi connectivity index (χ2n) is 2.66. The van der Waals surface area contributed by atoms with E-state index in [1.165, 1.54) is 0 Å². The summed E-state index contributed by atoms with van der Waals surface area (Å²) in [6.45, 7) is 2.54. The maximum absolute atomic E-state index is 5.12. The molecular weight excluding hydrogens is 188 g/mol. The molecule has 0 aromatic heterocycles. The van der Waals surface area contributed by atoms with Crippen LogP contribution in [-0.2, 0) is 24.0 Å². The minimum atomic E-state index is 0.163. The van der Waals surface area contributed by atoms with Crippen molar-refractivity contribution >= 4 is 0 Å². The molecule has 0 saturated carbocycles. The Morgan fingerprint density at radius 2 is 1.43 bits per heavy atom. The maximum atomic E-state index is 5.12. The monoisotopic (exact) mass is 208 g/mol. The Kier molecular flexibility index (Phi) is 12.6. The summed E-state index contributed by atoms with van der Waals surface area (Å²) < 4.78 is 14.8. The Morgan fingerprint density at radius 1 is 0.714 bits per heavy atom. The standard InChI is InChI=1S/C9H20O5/c1-10-5-3-4-6-12-9-14-13-8-7-11-2/h3-9H2,1-2H3. The van der Waals surface area contributed by atoms with Crippen LogP contribution in [0, 0.1) is 0 Å². The van der Waals surface area contributed by atoms with Crippen LogP contribution < -0.4 is 0 Å². The molecule has 5 heteroatoms. The second-order valence-corrected chi connectivity index (χ2v) is 2.66. The molecular formula is C9H20O5. The van der Waals surface area contributed by atoms with Crippen LogP contribution in [0.2, 0.25) is 0 Å². The van der Waals surface area contributed by atoms with Crippen LogP contribution in [0.5, 0.6) is 0 Å². The minimum Gasteiger partial charge on any atom is -0.385 e. The first-order valence-corrected chi connectivity index (χ1v) is 4.72. The van der Waals surface area contributed by atoms with Gasteiger partial charge in [0.2, 0.25) is 0 Å². The van der Waals surface area contributed by atoms with E-state index >= 15 is 0 Å². The van der Waals surface area contributed by atoms with E-state index in [0.717, 1.165) is 19.4 Å². The molecule has 0 aromatic rings. The van der Waals surface area contributed by atoms with E-state index in [2.05, 4.69) is 0 Å². The highest BCUT2D eigenvalue weighted by Gasteiger charge is 1.91. The van der Waals surface area contributed by atoms with Crippen molar-refractivity contribution < 1.29 is 24.0 Å². The van der Waals surface area contributed by atoms with Crippen molar-refractivity contribution in [2.24, 2.45) is 0 Å². The fourth-order valence-corrected chi connectivity index (χ4v) is 0.754. The van der Waals surface area contributed by atoms with E-state index in [1.807, 2.05) is 0 Å². The zero-order chi connectivity index (χ0) is 10.5. The van der Waals surface area contributed by atoms with Gasteiger partial charge in [-0.25, -0.2) is 9.78 Å². The quantitative estimate of drug-likeness (QED) is 0.219. The van der Waals surface area contributed by atoms with Crippen molar-refractivity contribution in [3.63, 3.8) is 0 Å². The molecule has 0 N–H and O–H groups in total. The molecule has 0 saturated heterocycles. The van der Waals surface area contributed by atoms with Crippen molar-refractivity contribution in [1.82, 2.24) is 0 Å². The lowest BCUT2D eigenvalue weighted by molar-refractivity contribution is -0.339. The van der Waals surface area contributed by atoms with Gasteiger partial charge in [0.05, 0.1) is 6.61 Å². The first-order chi connectivity index (χ1) is 6.91. The molecule has 0 atom stereocenters. The molecule has 0 aliphatic rings. The van der Waals surface area contributed by atoms with Crippen LogP contribution in [0.25, 0.3) is 0 Å². The van der Waals surface area contributed by atoms with Crippen LogP contribution in [0.15, 0.2) is 0 Å². The largest absolute Gasteiger partial charge is 0.385 e. The van der Waals surface area contributed by atoms with Crippen LogP contribution in [0.4, 0.5) is 0 Å². The van der Waals surface area contributed by atoms with Crippen molar-refractivity contribution in [2.75, 3.05) is 47.4 Å². The summed E-state index contributed by atoms with van der Waals surface area (Å²) in [4.78, 5) is 9.44. The molecule has 0 amide bonds. The Balaban J connectivity index is 2.78. The smallest absolute Gasteiger partial charge is 0.180 e. The minimum absolute atomic E-state index is 0.163. The predicted molar refractivity (Wildman–Crippen MR) is 50.8 cm³/mol. The van der Waals surface area contributed by atoms with E-state index in [1.54, 1.807) is 14.2 Å². The van der Waals surface area contributed by atoms with E-state index < -0.39 is 0 Å². The van der Waals surface area contributed by atoms with E-state index in [4.69, 9.17) is 24.0 Å². The molecule has 14 heavy (non-hydrogen) atoms. The fraction of sp³-hybridized carbons (Fsp3) is 1.00. The molecule has 86 valence electrons. The molecule has 0 aliphatic heterocycles. The molecule has 0 radical (unpaired) electrons. The third-order valence-electron chi connectivity index (χ3n) is 1.47. The highest BCUT2D eigenvalue weighted by atomic mass is 17.2. The summed E-state index contributed by atoms with van der Waals surface area (Å²) in [6.07, 6.45) is 1.97. The number of unbranched alkanes of at least 4 members (excludes halogenated alkanes) is 1. The molecule has 0 unspecified atom stereocenters. The Bertz CT molecular complexity index is 87.2. The number of methoxy groups -OCH3 is 2. The average Bonchev–Trinajstić information content (AvgIpc) is 2.21. The van der Waals surface area contributed by atoms with Gasteiger partial charge in [-0.2, -0.15) is 0 Å². The van der Waals surface area contributed by atoms with E-state index in [-0.39, 0.29) is 6.79 Å². The lowest BCUT2D eigenvalue weighted by Crippen LogP contribution is -2.06. The van der Waals surface area contributed by atoms with Gasteiger partial charge in [0.25, 0.3) is 0 Å². The molecule has 0 bridgehead atoms. The van der Waals surface area contributed by atoms with Gasteiger partial charge in [-0.1, -0.05) is 0 Å². The molecule has 0 heterocycles. The lowest BCUT2D eigenvalue weighted by atomic mass is 10.3. The summed E-state index contributed by atoms with van der Waals surface area (Å²) in [6, 6.07) is 0. The van der Waals surface area contributed by atoms with Crippen molar-refractivity contribution in [3.05, 3.63) is 0 Å². The summed E-state index contributed by atoms with van der Waals surface area (Å²) in [5.41, 5.74) is 0. The highest BCUT2D eigenvalue weighted by molar-refractivity contribution is 4.35. The number of hydrogen-bond acceptors (Lipinski definition) is 5. The number of ether oxygens (including phenoxy) is 3. The predicted octanol–water partition coefficient (Wildman–Crippen LogP) is 0.982. The maximum Gasteiger partial charge on any atom is 0.180 e. The van der Waals surface area contributed by atoms with E-state index in [9.17, 15) is 0 Å². The SMILES string of the molecule is COCCCCOCOOCCOC. The van der Waals surface area contributed by atoms with Crippen LogP contribution in [0.3, 0.4) is 0 Å². The fourth-order valence-electron chi connectivity index (χ4n) is 0.754.